The topological polar surface area (TPSA) is 46.3 Å². The summed E-state index contributed by atoms with van der Waals surface area (Å²) >= 11 is 0. The van der Waals surface area contributed by atoms with Gasteiger partial charge in [0.2, 0.25) is 5.91 Å². The molecule has 0 saturated carbocycles. The zero-order valence-corrected chi connectivity index (χ0v) is 6.86. The highest BCUT2D eigenvalue weighted by molar-refractivity contribution is 5.85. The molecule has 0 aromatic carbocycles. The fourth-order valence-corrected chi connectivity index (χ4v) is 0.940. The summed E-state index contributed by atoms with van der Waals surface area (Å²) in [6.45, 7) is 3.38. The SMILES string of the molecule is CCC(=O)N1CC(N)C1.Cl. The van der Waals surface area contributed by atoms with E-state index in [9.17, 15) is 4.79 Å². The van der Waals surface area contributed by atoms with Crippen molar-refractivity contribution in [3.8, 4) is 0 Å². The molecule has 1 aliphatic rings. The van der Waals surface area contributed by atoms with Gasteiger partial charge in [0.05, 0.1) is 0 Å². The number of likely N-dealkylation sites (tertiary alicyclic amines) is 1. The zero-order chi connectivity index (χ0) is 6.85. The Bertz CT molecular complexity index is 123. The molecule has 0 radical (unpaired) electrons. The van der Waals surface area contributed by atoms with Gasteiger partial charge in [-0.25, -0.2) is 0 Å². The minimum atomic E-state index is 0. The third-order valence-electron chi connectivity index (χ3n) is 1.56. The number of nitrogens with zero attached hydrogens (tertiary/aromatic N) is 1. The largest absolute Gasteiger partial charge is 0.339 e. The Kier molecular flexibility index (Phi) is 3.68. The fourth-order valence-electron chi connectivity index (χ4n) is 0.940. The van der Waals surface area contributed by atoms with Gasteiger partial charge in [-0.3, -0.25) is 4.79 Å². The first-order valence-corrected chi connectivity index (χ1v) is 3.27. The van der Waals surface area contributed by atoms with E-state index in [1.807, 2.05) is 6.92 Å². The van der Waals surface area contributed by atoms with Crippen molar-refractivity contribution in [2.75, 3.05) is 13.1 Å². The van der Waals surface area contributed by atoms with E-state index in [0.29, 0.717) is 6.42 Å². The fraction of sp³-hybridized carbons (Fsp3) is 0.833. The van der Waals surface area contributed by atoms with Gasteiger partial charge in [-0.1, -0.05) is 6.92 Å². The van der Waals surface area contributed by atoms with Crippen molar-refractivity contribution in [3.63, 3.8) is 0 Å². The van der Waals surface area contributed by atoms with Gasteiger partial charge in [0.25, 0.3) is 0 Å². The normalized spacial score (nSPS) is 17.6. The van der Waals surface area contributed by atoms with Crippen molar-refractivity contribution >= 4 is 18.3 Å². The molecule has 0 aliphatic carbocycles. The molecule has 3 nitrogen and oxygen atoms in total. The highest BCUT2D eigenvalue weighted by atomic mass is 35.5. The highest BCUT2D eigenvalue weighted by Gasteiger charge is 2.25. The van der Waals surface area contributed by atoms with E-state index in [0.717, 1.165) is 13.1 Å². The lowest BCUT2D eigenvalue weighted by Gasteiger charge is -2.36. The standard InChI is InChI=1S/C6H12N2O.ClH/c1-2-6(9)8-3-5(7)4-8;/h5H,2-4,7H2,1H3;1H. The minimum Gasteiger partial charge on any atom is -0.339 e. The van der Waals surface area contributed by atoms with Crippen LogP contribution in [0.15, 0.2) is 0 Å². The lowest BCUT2D eigenvalue weighted by atomic mass is 10.1. The molecule has 1 rings (SSSR count). The molecular weight excluding hydrogens is 152 g/mol. The molecule has 60 valence electrons. The molecule has 1 amide bonds. The number of hydrogen-bond donors (Lipinski definition) is 1. The number of rotatable bonds is 1. The summed E-state index contributed by atoms with van der Waals surface area (Å²) in [5.74, 6) is 0.219. The Hall–Kier alpha value is -0.280. The lowest BCUT2D eigenvalue weighted by Crippen LogP contribution is -2.57. The smallest absolute Gasteiger partial charge is 0.222 e. The van der Waals surface area contributed by atoms with Gasteiger partial charge in [0, 0.05) is 25.6 Å². The Morgan fingerprint density at radius 1 is 1.70 bits per heavy atom. The molecule has 0 unspecified atom stereocenters. The lowest BCUT2D eigenvalue weighted by molar-refractivity contribution is -0.135. The number of carbonyl (C=O) groups excluding carboxylic acids is 1. The summed E-state index contributed by atoms with van der Waals surface area (Å²) in [5.41, 5.74) is 5.47. The van der Waals surface area contributed by atoms with Crippen LogP contribution in [0.4, 0.5) is 0 Å². The van der Waals surface area contributed by atoms with Gasteiger partial charge in [-0.05, 0) is 0 Å². The van der Waals surface area contributed by atoms with Crippen LogP contribution in [0, 0.1) is 0 Å². The van der Waals surface area contributed by atoms with E-state index in [4.69, 9.17) is 5.73 Å². The molecule has 0 atom stereocenters. The van der Waals surface area contributed by atoms with Crippen molar-refractivity contribution in [1.82, 2.24) is 4.90 Å². The molecule has 0 aromatic heterocycles. The maximum absolute atomic E-state index is 10.8. The summed E-state index contributed by atoms with van der Waals surface area (Å²) < 4.78 is 0. The van der Waals surface area contributed by atoms with Gasteiger partial charge >= 0.3 is 0 Å². The van der Waals surface area contributed by atoms with Crippen LogP contribution in [0.25, 0.3) is 0 Å². The van der Waals surface area contributed by atoms with Gasteiger partial charge in [-0.15, -0.1) is 12.4 Å². The molecule has 4 heteroatoms. The van der Waals surface area contributed by atoms with Crippen molar-refractivity contribution < 1.29 is 4.79 Å². The monoisotopic (exact) mass is 164 g/mol. The third kappa shape index (κ3) is 1.85. The van der Waals surface area contributed by atoms with E-state index in [2.05, 4.69) is 0 Å². The Morgan fingerprint density at radius 2 is 2.20 bits per heavy atom. The van der Waals surface area contributed by atoms with Gasteiger partial charge in [0.1, 0.15) is 0 Å². The molecular formula is C6H13ClN2O. The predicted octanol–water partition coefficient (Wildman–Crippen LogP) is -0.0123. The predicted molar refractivity (Wildman–Crippen MR) is 42.1 cm³/mol. The Morgan fingerprint density at radius 3 is 2.50 bits per heavy atom. The van der Waals surface area contributed by atoms with Crippen LogP contribution >= 0.6 is 12.4 Å². The number of nitrogens with two attached hydrogens (primary N) is 1. The quantitative estimate of drug-likeness (QED) is 0.593. The van der Waals surface area contributed by atoms with E-state index in [1.165, 1.54) is 0 Å². The average Bonchev–Trinajstić information content (AvgIpc) is 1.79. The second-order valence-corrected chi connectivity index (χ2v) is 2.41. The maximum Gasteiger partial charge on any atom is 0.222 e. The summed E-state index contributed by atoms with van der Waals surface area (Å²) in [7, 11) is 0. The van der Waals surface area contributed by atoms with Crippen molar-refractivity contribution in [2.45, 2.75) is 19.4 Å². The van der Waals surface area contributed by atoms with E-state index in [-0.39, 0.29) is 24.4 Å². The first kappa shape index (κ1) is 9.72. The molecule has 1 fully saturated rings. The van der Waals surface area contributed by atoms with Gasteiger partial charge in [-0.2, -0.15) is 0 Å². The van der Waals surface area contributed by atoms with Crippen LogP contribution in [-0.4, -0.2) is 29.9 Å². The first-order chi connectivity index (χ1) is 4.24. The average molecular weight is 165 g/mol. The summed E-state index contributed by atoms with van der Waals surface area (Å²) in [6, 6.07) is 0.237. The van der Waals surface area contributed by atoms with Crippen LogP contribution in [0.5, 0.6) is 0 Å². The zero-order valence-electron chi connectivity index (χ0n) is 6.04. The number of hydrogen-bond acceptors (Lipinski definition) is 2. The van der Waals surface area contributed by atoms with Crippen LogP contribution in [0.2, 0.25) is 0 Å². The maximum atomic E-state index is 10.8. The number of halogens is 1. The third-order valence-corrected chi connectivity index (χ3v) is 1.56. The first-order valence-electron chi connectivity index (χ1n) is 3.27. The van der Waals surface area contributed by atoms with Crippen LogP contribution < -0.4 is 5.73 Å². The molecule has 0 spiro atoms. The number of carbonyl (C=O) groups is 1. The summed E-state index contributed by atoms with van der Waals surface area (Å²) in [5, 5.41) is 0. The Balaban J connectivity index is 0.000000810. The van der Waals surface area contributed by atoms with Crippen LogP contribution in [0.3, 0.4) is 0 Å². The number of amides is 1. The van der Waals surface area contributed by atoms with Crippen molar-refractivity contribution in [2.24, 2.45) is 5.73 Å². The molecule has 1 heterocycles. The molecule has 0 bridgehead atoms. The van der Waals surface area contributed by atoms with Gasteiger partial charge in [0.15, 0.2) is 0 Å². The van der Waals surface area contributed by atoms with E-state index in [1.54, 1.807) is 4.90 Å². The van der Waals surface area contributed by atoms with Crippen molar-refractivity contribution in [1.29, 1.82) is 0 Å². The molecule has 0 aromatic rings. The van der Waals surface area contributed by atoms with Crippen molar-refractivity contribution in [3.05, 3.63) is 0 Å². The van der Waals surface area contributed by atoms with E-state index < -0.39 is 0 Å². The minimum absolute atomic E-state index is 0. The second-order valence-electron chi connectivity index (χ2n) is 2.41. The Labute approximate surface area is 67.0 Å². The van der Waals surface area contributed by atoms with Crippen LogP contribution in [-0.2, 0) is 4.79 Å². The molecule has 2 N–H and O–H groups in total. The van der Waals surface area contributed by atoms with Gasteiger partial charge < -0.3 is 10.6 Å². The summed E-state index contributed by atoms with van der Waals surface area (Å²) in [6.07, 6.45) is 0.604. The molecule has 1 aliphatic heterocycles. The van der Waals surface area contributed by atoms with E-state index >= 15 is 0 Å². The molecule has 1 saturated heterocycles. The molecule has 10 heavy (non-hydrogen) atoms. The summed E-state index contributed by atoms with van der Waals surface area (Å²) in [4.78, 5) is 12.6. The van der Waals surface area contributed by atoms with Crippen LogP contribution in [0.1, 0.15) is 13.3 Å². The highest BCUT2D eigenvalue weighted by Crippen LogP contribution is 2.05. The second kappa shape index (κ2) is 3.78.